The van der Waals surface area contributed by atoms with E-state index in [9.17, 15) is 9.59 Å². The van der Waals surface area contributed by atoms with Crippen molar-refractivity contribution in [3.63, 3.8) is 0 Å². The van der Waals surface area contributed by atoms with Crippen LogP contribution in [0.2, 0.25) is 0 Å². The van der Waals surface area contributed by atoms with E-state index in [1.807, 2.05) is 17.5 Å². The largest absolute Gasteiger partial charge is 0.351 e. The number of benzene rings is 1. The maximum absolute atomic E-state index is 12.4. The summed E-state index contributed by atoms with van der Waals surface area (Å²) in [5.74, 6) is -0.0895. The highest BCUT2D eigenvalue weighted by Gasteiger charge is 2.14. The van der Waals surface area contributed by atoms with E-state index in [4.69, 9.17) is 0 Å². The Kier molecular flexibility index (Phi) is 5.54. The maximum Gasteiger partial charge on any atom is 0.230 e. The fourth-order valence-electron chi connectivity index (χ4n) is 3.35. The summed E-state index contributed by atoms with van der Waals surface area (Å²) in [6.45, 7) is 2.03. The van der Waals surface area contributed by atoms with Crippen molar-refractivity contribution in [2.24, 2.45) is 0 Å². The van der Waals surface area contributed by atoms with Crippen molar-refractivity contribution >= 4 is 39.6 Å². The number of carbonyl (C=O) groups is 2. The highest BCUT2D eigenvalue weighted by atomic mass is 32.1. The van der Waals surface area contributed by atoms with Gasteiger partial charge in [-0.3, -0.25) is 9.59 Å². The zero-order valence-corrected chi connectivity index (χ0v) is 17.2. The molecule has 0 atom stereocenters. The second-order valence-electron chi connectivity index (χ2n) is 6.90. The average molecular weight is 412 g/mol. The Bertz CT molecular complexity index is 1020. The molecule has 5 nitrogen and oxygen atoms in total. The van der Waals surface area contributed by atoms with Gasteiger partial charge in [0.1, 0.15) is 0 Å². The summed E-state index contributed by atoms with van der Waals surface area (Å²) < 4.78 is 0. The second-order valence-corrected chi connectivity index (χ2v) is 8.92. The summed E-state index contributed by atoms with van der Waals surface area (Å²) in [5.41, 5.74) is 4.70. The summed E-state index contributed by atoms with van der Waals surface area (Å²) in [6, 6.07) is 10.4. The number of amides is 2. The molecular formula is C21H21N3O2S2. The molecule has 0 spiro atoms. The molecule has 0 saturated carbocycles. The molecule has 4 rings (SSSR count). The van der Waals surface area contributed by atoms with Gasteiger partial charge in [0.15, 0.2) is 5.13 Å². The lowest BCUT2D eigenvalue weighted by atomic mass is 10.0. The van der Waals surface area contributed by atoms with Crippen LogP contribution in [0.25, 0.3) is 10.6 Å². The second kappa shape index (κ2) is 8.24. The summed E-state index contributed by atoms with van der Waals surface area (Å²) in [5, 5.41) is 8.26. The number of hydrogen-bond donors (Lipinski definition) is 2. The van der Waals surface area contributed by atoms with E-state index in [1.54, 1.807) is 11.3 Å². The number of thiazole rings is 1. The number of thiophene rings is 1. The molecule has 0 saturated heterocycles. The van der Waals surface area contributed by atoms with Crippen molar-refractivity contribution in [1.82, 2.24) is 10.3 Å². The number of nitrogens with zero attached hydrogens (tertiary/aromatic N) is 1. The summed E-state index contributed by atoms with van der Waals surface area (Å²) in [4.78, 5) is 30.1. The number of carbonyl (C=O) groups excluding carboxylic acids is 2. The number of aryl methyl sites for hydroxylation is 2. The molecule has 1 aliphatic carbocycles. The zero-order chi connectivity index (χ0) is 19.5. The van der Waals surface area contributed by atoms with E-state index < -0.39 is 0 Å². The third kappa shape index (κ3) is 4.48. The minimum atomic E-state index is -0.0450. The van der Waals surface area contributed by atoms with Crippen LogP contribution in [0.4, 0.5) is 5.13 Å². The molecule has 2 heterocycles. The van der Waals surface area contributed by atoms with E-state index in [1.165, 1.54) is 35.8 Å². The molecular weight excluding hydrogens is 390 g/mol. The molecule has 3 aromatic rings. The third-order valence-electron chi connectivity index (χ3n) is 4.70. The zero-order valence-electron chi connectivity index (χ0n) is 15.6. The molecule has 1 aromatic carbocycles. The van der Waals surface area contributed by atoms with Gasteiger partial charge < -0.3 is 10.6 Å². The van der Waals surface area contributed by atoms with Crippen molar-refractivity contribution in [1.29, 1.82) is 0 Å². The maximum atomic E-state index is 12.4. The normalized spacial score (nSPS) is 12.6. The molecule has 0 bridgehead atoms. The highest BCUT2D eigenvalue weighted by molar-refractivity contribution is 7.17. The lowest BCUT2D eigenvalue weighted by Gasteiger charge is -2.05. The number of anilines is 1. The van der Waals surface area contributed by atoms with Crippen molar-refractivity contribution in [3.05, 3.63) is 57.3 Å². The highest BCUT2D eigenvalue weighted by Crippen LogP contribution is 2.31. The van der Waals surface area contributed by atoms with Crippen LogP contribution < -0.4 is 10.6 Å². The molecule has 0 aliphatic heterocycles. The minimum Gasteiger partial charge on any atom is -0.351 e. The quantitative estimate of drug-likeness (QED) is 0.639. The number of fused-ring (bicyclic) bond motifs is 1. The first kappa shape index (κ1) is 18.8. The predicted octanol–water partition coefficient (Wildman–Crippen LogP) is 4.18. The third-order valence-corrected chi connectivity index (χ3v) is 6.57. The Morgan fingerprint density at radius 3 is 2.86 bits per heavy atom. The Labute approximate surface area is 171 Å². The summed E-state index contributed by atoms with van der Waals surface area (Å²) in [6.07, 6.45) is 3.84. The van der Waals surface area contributed by atoms with E-state index in [0.717, 1.165) is 33.9 Å². The van der Waals surface area contributed by atoms with Gasteiger partial charge in [-0.25, -0.2) is 4.98 Å². The lowest BCUT2D eigenvalue weighted by Crippen LogP contribution is -2.17. The van der Waals surface area contributed by atoms with Gasteiger partial charge in [0, 0.05) is 17.2 Å². The van der Waals surface area contributed by atoms with Crippen LogP contribution >= 0.6 is 22.7 Å². The van der Waals surface area contributed by atoms with Gasteiger partial charge in [-0.15, -0.1) is 22.7 Å². The van der Waals surface area contributed by atoms with Crippen LogP contribution in [-0.2, 0) is 35.4 Å². The van der Waals surface area contributed by atoms with Gasteiger partial charge in [-0.2, -0.15) is 0 Å². The number of aromatic nitrogens is 1. The van der Waals surface area contributed by atoms with Crippen molar-refractivity contribution in [2.45, 2.75) is 39.2 Å². The van der Waals surface area contributed by atoms with Crippen molar-refractivity contribution in [2.75, 3.05) is 5.32 Å². The lowest BCUT2D eigenvalue weighted by molar-refractivity contribution is -0.119. The van der Waals surface area contributed by atoms with Gasteiger partial charge in [0.25, 0.3) is 0 Å². The fourth-order valence-corrected chi connectivity index (χ4v) is 5.06. The van der Waals surface area contributed by atoms with Crippen LogP contribution in [0.3, 0.4) is 0 Å². The minimum absolute atomic E-state index is 0.0445. The van der Waals surface area contributed by atoms with Gasteiger partial charge in [0.05, 0.1) is 23.5 Å². The van der Waals surface area contributed by atoms with Crippen molar-refractivity contribution < 1.29 is 9.59 Å². The molecule has 0 radical (unpaired) electrons. The Balaban J connectivity index is 1.36. The van der Waals surface area contributed by atoms with Gasteiger partial charge in [0.2, 0.25) is 11.8 Å². The number of hydrogen-bond acceptors (Lipinski definition) is 5. The molecule has 7 heteroatoms. The Hall–Kier alpha value is -2.51. The number of nitrogens with one attached hydrogen (secondary N) is 2. The monoisotopic (exact) mass is 411 g/mol. The Morgan fingerprint density at radius 2 is 2.00 bits per heavy atom. The molecule has 28 heavy (non-hydrogen) atoms. The van der Waals surface area contributed by atoms with Crippen LogP contribution in [-0.4, -0.2) is 16.8 Å². The topological polar surface area (TPSA) is 71.1 Å². The van der Waals surface area contributed by atoms with E-state index in [2.05, 4.69) is 33.8 Å². The van der Waals surface area contributed by atoms with Crippen LogP contribution in [0.15, 0.2) is 35.7 Å². The molecule has 2 amide bonds. The first-order chi connectivity index (χ1) is 13.6. The predicted molar refractivity (Wildman–Crippen MR) is 114 cm³/mol. The molecule has 144 valence electrons. The molecule has 2 aromatic heterocycles. The molecule has 1 aliphatic rings. The standard InChI is InChI=1S/C21H21N3O2S2/c1-13(25)22-11-17-7-8-19(28-17)18-12-27-21(23-18)24-20(26)10-14-5-6-15-3-2-4-16(15)9-14/h5-9,12H,2-4,10-11H2,1H3,(H,22,25)(H,23,24,26). The summed E-state index contributed by atoms with van der Waals surface area (Å²) >= 11 is 3.02. The van der Waals surface area contributed by atoms with Gasteiger partial charge in [-0.1, -0.05) is 18.2 Å². The van der Waals surface area contributed by atoms with Crippen molar-refractivity contribution in [3.8, 4) is 10.6 Å². The fraction of sp³-hybridized carbons (Fsp3) is 0.286. The molecule has 0 unspecified atom stereocenters. The van der Waals surface area contributed by atoms with Gasteiger partial charge in [-0.05, 0) is 48.1 Å². The molecule has 0 fully saturated rings. The number of rotatable bonds is 6. The van der Waals surface area contributed by atoms with Crippen LogP contribution in [0.1, 0.15) is 34.9 Å². The van der Waals surface area contributed by atoms with E-state index in [0.29, 0.717) is 18.1 Å². The van der Waals surface area contributed by atoms with Crippen LogP contribution in [0, 0.1) is 0 Å². The first-order valence-electron chi connectivity index (χ1n) is 9.26. The smallest absolute Gasteiger partial charge is 0.230 e. The van der Waals surface area contributed by atoms with E-state index >= 15 is 0 Å². The average Bonchev–Trinajstić information content (AvgIpc) is 3.39. The SMILES string of the molecule is CC(=O)NCc1ccc(-c2csc(NC(=O)Cc3ccc4c(c3)CCC4)n2)s1. The van der Waals surface area contributed by atoms with Crippen LogP contribution in [0.5, 0.6) is 0 Å². The first-order valence-corrected chi connectivity index (χ1v) is 11.0. The summed E-state index contributed by atoms with van der Waals surface area (Å²) in [7, 11) is 0. The molecule has 2 N–H and O–H groups in total. The Morgan fingerprint density at radius 1 is 1.14 bits per heavy atom. The van der Waals surface area contributed by atoms with Gasteiger partial charge >= 0.3 is 0 Å². The van der Waals surface area contributed by atoms with E-state index in [-0.39, 0.29) is 11.8 Å².